The number of anilines is 1. The number of hydrogen-bond donors (Lipinski definition) is 1. The van der Waals surface area contributed by atoms with Crippen molar-refractivity contribution in [1.29, 1.82) is 0 Å². The molecule has 0 saturated carbocycles. The summed E-state index contributed by atoms with van der Waals surface area (Å²) >= 11 is 0. The number of hydrogen-bond acceptors (Lipinski definition) is 6. The van der Waals surface area contributed by atoms with E-state index in [9.17, 15) is 4.79 Å². The second-order valence-corrected chi connectivity index (χ2v) is 7.85. The number of amides is 1. The number of nitrogens with two attached hydrogens (primary N) is 1. The fraction of sp³-hybridized carbons (Fsp3) is 0.320. The molecule has 7 nitrogen and oxygen atoms in total. The number of carbonyl (C=O) groups is 1. The summed E-state index contributed by atoms with van der Waals surface area (Å²) in [5.41, 5.74) is 9.72. The molecule has 3 aromatic rings. The van der Waals surface area contributed by atoms with E-state index in [0.717, 1.165) is 53.3 Å². The standard InChI is InChI=1S/C25H28N4O3/c1-31-19-10-5-17(6-11-19)7-14-23(30)29-15-3-4-22(29)24-21(16-27-25(26)28-24)18-8-12-20(32-2)13-9-18/h5-6,8-13,16,22H,3-4,7,14-15H2,1-2H3,(H2,26,27,28). The molecule has 2 N–H and O–H groups in total. The zero-order valence-electron chi connectivity index (χ0n) is 18.5. The van der Waals surface area contributed by atoms with Gasteiger partial charge in [-0.15, -0.1) is 0 Å². The molecule has 0 radical (unpaired) electrons. The van der Waals surface area contributed by atoms with Crippen LogP contribution in [0, 0.1) is 0 Å². The van der Waals surface area contributed by atoms with Crippen molar-refractivity contribution in [2.24, 2.45) is 0 Å². The number of aromatic nitrogens is 2. The van der Waals surface area contributed by atoms with E-state index in [-0.39, 0.29) is 17.9 Å². The molecule has 2 heterocycles. The number of rotatable bonds is 7. The smallest absolute Gasteiger partial charge is 0.223 e. The Kier molecular flexibility index (Phi) is 6.54. The third-order valence-electron chi connectivity index (χ3n) is 5.91. The molecule has 1 fully saturated rings. The van der Waals surface area contributed by atoms with Crippen LogP contribution in [-0.4, -0.2) is 41.5 Å². The van der Waals surface area contributed by atoms with E-state index >= 15 is 0 Å². The second kappa shape index (κ2) is 9.68. The Morgan fingerprint density at radius 2 is 1.72 bits per heavy atom. The molecule has 32 heavy (non-hydrogen) atoms. The Balaban J connectivity index is 1.54. The Morgan fingerprint density at radius 1 is 1.06 bits per heavy atom. The van der Waals surface area contributed by atoms with Crippen molar-refractivity contribution in [2.75, 3.05) is 26.5 Å². The lowest BCUT2D eigenvalue weighted by atomic mass is 9.99. The number of ether oxygens (including phenoxy) is 2. The maximum Gasteiger partial charge on any atom is 0.223 e. The summed E-state index contributed by atoms with van der Waals surface area (Å²) in [5.74, 6) is 1.94. The molecule has 7 heteroatoms. The normalized spacial score (nSPS) is 15.6. The quantitative estimate of drug-likeness (QED) is 0.606. The Morgan fingerprint density at radius 3 is 2.38 bits per heavy atom. The van der Waals surface area contributed by atoms with Gasteiger partial charge in [-0.05, 0) is 54.7 Å². The minimum atomic E-state index is -0.110. The summed E-state index contributed by atoms with van der Waals surface area (Å²) in [6.07, 6.45) is 4.67. The summed E-state index contributed by atoms with van der Waals surface area (Å²) in [6, 6.07) is 15.5. The second-order valence-electron chi connectivity index (χ2n) is 7.85. The van der Waals surface area contributed by atoms with Crippen LogP contribution < -0.4 is 15.2 Å². The van der Waals surface area contributed by atoms with Crippen LogP contribution in [0.5, 0.6) is 11.5 Å². The number of benzene rings is 2. The van der Waals surface area contributed by atoms with Crippen molar-refractivity contribution in [3.63, 3.8) is 0 Å². The lowest BCUT2D eigenvalue weighted by Gasteiger charge is -2.26. The molecule has 1 aromatic heterocycles. The van der Waals surface area contributed by atoms with E-state index in [0.29, 0.717) is 12.8 Å². The Bertz CT molecular complexity index is 1070. The number of nitrogens with zero attached hydrogens (tertiary/aromatic N) is 3. The van der Waals surface area contributed by atoms with Gasteiger partial charge in [0.15, 0.2) is 0 Å². The highest BCUT2D eigenvalue weighted by Gasteiger charge is 2.32. The molecule has 0 aliphatic carbocycles. The average Bonchev–Trinajstić information content (AvgIpc) is 3.33. The van der Waals surface area contributed by atoms with Crippen LogP contribution in [-0.2, 0) is 11.2 Å². The fourth-order valence-corrected chi connectivity index (χ4v) is 4.19. The number of aryl methyl sites for hydroxylation is 1. The molecule has 0 bridgehead atoms. The van der Waals surface area contributed by atoms with Gasteiger partial charge >= 0.3 is 0 Å². The fourth-order valence-electron chi connectivity index (χ4n) is 4.19. The van der Waals surface area contributed by atoms with Crippen LogP contribution in [0.1, 0.15) is 36.6 Å². The first-order valence-electron chi connectivity index (χ1n) is 10.8. The van der Waals surface area contributed by atoms with Gasteiger partial charge in [-0.3, -0.25) is 4.79 Å². The van der Waals surface area contributed by atoms with Crippen molar-refractivity contribution in [3.05, 3.63) is 66.0 Å². The van der Waals surface area contributed by atoms with E-state index in [2.05, 4.69) is 9.97 Å². The lowest BCUT2D eigenvalue weighted by Crippen LogP contribution is -2.31. The summed E-state index contributed by atoms with van der Waals surface area (Å²) in [7, 11) is 3.28. The van der Waals surface area contributed by atoms with Crippen molar-refractivity contribution in [3.8, 4) is 22.6 Å². The van der Waals surface area contributed by atoms with E-state index in [1.165, 1.54) is 0 Å². The van der Waals surface area contributed by atoms with Crippen LogP contribution in [0.2, 0.25) is 0 Å². The predicted octanol–water partition coefficient (Wildman–Crippen LogP) is 4.04. The van der Waals surface area contributed by atoms with Gasteiger partial charge in [0.2, 0.25) is 11.9 Å². The SMILES string of the molecule is COc1ccc(CCC(=O)N2CCCC2c2nc(N)ncc2-c2ccc(OC)cc2)cc1. The van der Waals surface area contributed by atoms with Gasteiger partial charge in [0.05, 0.1) is 26.0 Å². The minimum Gasteiger partial charge on any atom is -0.497 e. The number of nitrogen functional groups attached to an aromatic ring is 1. The van der Waals surface area contributed by atoms with Crippen molar-refractivity contribution < 1.29 is 14.3 Å². The van der Waals surface area contributed by atoms with Gasteiger partial charge in [0, 0.05) is 24.7 Å². The van der Waals surface area contributed by atoms with Crippen molar-refractivity contribution in [1.82, 2.24) is 14.9 Å². The van der Waals surface area contributed by atoms with Gasteiger partial charge in [0.1, 0.15) is 11.5 Å². The van der Waals surface area contributed by atoms with Crippen molar-refractivity contribution in [2.45, 2.75) is 31.7 Å². The zero-order chi connectivity index (χ0) is 22.5. The maximum absolute atomic E-state index is 13.2. The molecule has 166 valence electrons. The monoisotopic (exact) mass is 432 g/mol. The van der Waals surface area contributed by atoms with Gasteiger partial charge < -0.3 is 20.1 Å². The Labute approximate surface area is 188 Å². The number of methoxy groups -OCH3 is 2. The first-order valence-corrected chi connectivity index (χ1v) is 10.8. The topological polar surface area (TPSA) is 90.6 Å². The third kappa shape index (κ3) is 4.66. The maximum atomic E-state index is 13.2. The van der Waals surface area contributed by atoms with Crippen LogP contribution in [0.25, 0.3) is 11.1 Å². The van der Waals surface area contributed by atoms with Crippen LogP contribution in [0.15, 0.2) is 54.7 Å². The largest absolute Gasteiger partial charge is 0.497 e. The molecular formula is C25H28N4O3. The lowest BCUT2D eigenvalue weighted by molar-refractivity contribution is -0.132. The van der Waals surface area contributed by atoms with Crippen molar-refractivity contribution >= 4 is 11.9 Å². The minimum absolute atomic E-state index is 0.110. The summed E-state index contributed by atoms with van der Waals surface area (Å²) in [4.78, 5) is 23.9. The number of likely N-dealkylation sites (tertiary alicyclic amines) is 1. The highest BCUT2D eigenvalue weighted by molar-refractivity contribution is 5.78. The summed E-state index contributed by atoms with van der Waals surface area (Å²) in [6.45, 7) is 0.720. The molecular weight excluding hydrogens is 404 g/mol. The van der Waals surface area contributed by atoms with Gasteiger partial charge in [-0.2, -0.15) is 0 Å². The van der Waals surface area contributed by atoms with Crippen LogP contribution in [0.3, 0.4) is 0 Å². The molecule has 1 saturated heterocycles. The Hall–Kier alpha value is -3.61. The zero-order valence-corrected chi connectivity index (χ0v) is 18.5. The molecule has 1 amide bonds. The molecule has 1 aliphatic heterocycles. The van der Waals surface area contributed by atoms with Crippen LogP contribution >= 0.6 is 0 Å². The molecule has 1 atom stereocenters. The highest BCUT2D eigenvalue weighted by atomic mass is 16.5. The summed E-state index contributed by atoms with van der Waals surface area (Å²) < 4.78 is 10.5. The molecule has 1 aliphatic rings. The first kappa shape index (κ1) is 21.6. The first-order chi connectivity index (χ1) is 15.6. The highest BCUT2D eigenvalue weighted by Crippen LogP contribution is 2.37. The van der Waals surface area contributed by atoms with E-state index in [4.69, 9.17) is 15.2 Å². The molecule has 0 spiro atoms. The van der Waals surface area contributed by atoms with Gasteiger partial charge in [0.25, 0.3) is 0 Å². The van der Waals surface area contributed by atoms with E-state index in [1.807, 2.05) is 53.4 Å². The van der Waals surface area contributed by atoms with Crippen LogP contribution in [0.4, 0.5) is 5.95 Å². The molecule has 4 rings (SSSR count). The number of carbonyl (C=O) groups excluding carboxylic acids is 1. The van der Waals surface area contributed by atoms with E-state index in [1.54, 1.807) is 20.4 Å². The van der Waals surface area contributed by atoms with Gasteiger partial charge in [-0.25, -0.2) is 9.97 Å². The average molecular weight is 433 g/mol. The van der Waals surface area contributed by atoms with E-state index < -0.39 is 0 Å². The molecule has 1 unspecified atom stereocenters. The third-order valence-corrected chi connectivity index (χ3v) is 5.91. The molecule has 2 aromatic carbocycles. The summed E-state index contributed by atoms with van der Waals surface area (Å²) in [5, 5.41) is 0. The van der Waals surface area contributed by atoms with Gasteiger partial charge in [-0.1, -0.05) is 24.3 Å². The predicted molar refractivity (Wildman–Crippen MR) is 123 cm³/mol.